The van der Waals surface area contributed by atoms with Gasteiger partial charge in [-0.3, -0.25) is 14.4 Å². The number of hydrogen-bond acceptors (Lipinski definition) is 6. The van der Waals surface area contributed by atoms with E-state index >= 15 is 0 Å². The van der Waals surface area contributed by atoms with E-state index in [4.69, 9.17) is 21.5 Å². The first-order chi connectivity index (χ1) is 14.8. The summed E-state index contributed by atoms with van der Waals surface area (Å²) in [6.07, 6.45) is 4.87. The quantitative estimate of drug-likeness (QED) is 0.483. The van der Waals surface area contributed by atoms with E-state index < -0.39 is 11.9 Å². The van der Waals surface area contributed by atoms with Crippen molar-refractivity contribution in [1.82, 2.24) is 9.97 Å². The second-order valence-corrected chi connectivity index (χ2v) is 7.23. The van der Waals surface area contributed by atoms with Gasteiger partial charge in [0.1, 0.15) is 5.82 Å². The van der Waals surface area contributed by atoms with E-state index in [9.17, 15) is 9.59 Å². The van der Waals surface area contributed by atoms with E-state index in [0.717, 1.165) is 11.8 Å². The number of amides is 2. The highest BCUT2D eigenvalue weighted by Crippen LogP contribution is 2.18. The van der Waals surface area contributed by atoms with Crippen LogP contribution < -0.4 is 10.6 Å². The normalized spacial score (nSPS) is 9.77. The maximum Gasteiger partial charge on any atom is 0.300 e. The summed E-state index contributed by atoms with van der Waals surface area (Å²) in [4.78, 5) is 43.2. The molecule has 0 bridgehead atoms. The van der Waals surface area contributed by atoms with Crippen LogP contribution in [0, 0.1) is 0 Å². The fraction of sp³-hybridized carbons (Fsp3) is 0.0952. The topological polar surface area (TPSA) is 121 Å². The van der Waals surface area contributed by atoms with Crippen molar-refractivity contribution < 1.29 is 19.5 Å². The van der Waals surface area contributed by atoms with E-state index in [1.54, 1.807) is 48.2 Å². The molecule has 0 radical (unpaired) electrons. The number of nitrogens with zero attached hydrogens (tertiary/aromatic N) is 2. The van der Waals surface area contributed by atoms with E-state index in [1.807, 2.05) is 18.4 Å². The Labute approximate surface area is 188 Å². The van der Waals surface area contributed by atoms with E-state index in [2.05, 4.69) is 20.6 Å². The lowest BCUT2D eigenvalue weighted by Gasteiger charge is -2.10. The lowest BCUT2D eigenvalue weighted by molar-refractivity contribution is -0.134. The zero-order valence-corrected chi connectivity index (χ0v) is 18.2. The number of carbonyl (C=O) groups is 3. The van der Waals surface area contributed by atoms with Crippen molar-refractivity contribution in [2.75, 3.05) is 16.9 Å². The number of carboxylic acids is 1. The Kier molecular flexibility index (Phi) is 8.98. The van der Waals surface area contributed by atoms with Gasteiger partial charge in [0.15, 0.2) is 5.69 Å². The van der Waals surface area contributed by atoms with Gasteiger partial charge in [0, 0.05) is 29.8 Å². The summed E-state index contributed by atoms with van der Waals surface area (Å²) in [6.45, 7) is 1.08. The van der Waals surface area contributed by atoms with Crippen LogP contribution in [0.3, 0.4) is 0 Å². The number of rotatable bonds is 5. The summed E-state index contributed by atoms with van der Waals surface area (Å²) in [7, 11) is 0. The molecular formula is C21H19ClN4O4S. The summed E-state index contributed by atoms with van der Waals surface area (Å²) >= 11 is 7.38. The molecule has 2 amide bonds. The number of hydrogen-bond donors (Lipinski definition) is 3. The zero-order chi connectivity index (χ0) is 22.8. The molecular weight excluding hydrogens is 440 g/mol. The highest BCUT2D eigenvalue weighted by Gasteiger charge is 2.16. The van der Waals surface area contributed by atoms with Crippen LogP contribution in [-0.2, 0) is 4.79 Å². The lowest BCUT2D eigenvalue weighted by Crippen LogP contribution is -2.20. The third-order valence-electron chi connectivity index (χ3n) is 3.59. The van der Waals surface area contributed by atoms with Gasteiger partial charge in [-0.25, -0.2) is 9.97 Å². The summed E-state index contributed by atoms with van der Waals surface area (Å²) in [5.41, 5.74) is 0.883. The molecule has 2 heterocycles. The van der Waals surface area contributed by atoms with Gasteiger partial charge in [-0.1, -0.05) is 11.6 Å². The molecule has 0 atom stereocenters. The highest BCUT2D eigenvalue weighted by atomic mass is 35.5. The number of nitrogens with one attached hydrogen (secondary N) is 2. The van der Waals surface area contributed by atoms with Crippen molar-refractivity contribution in [3.8, 4) is 0 Å². The third kappa shape index (κ3) is 7.72. The van der Waals surface area contributed by atoms with Crippen LogP contribution in [0.4, 0.5) is 11.5 Å². The first-order valence-electron chi connectivity index (χ1n) is 8.83. The van der Waals surface area contributed by atoms with Crippen molar-refractivity contribution in [2.24, 2.45) is 0 Å². The van der Waals surface area contributed by atoms with E-state index in [-0.39, 0.29) is 11.6 Å². The fourth-order valence-corrected chi connectivity index (χ4v) is 2.77. The minimum absolute atomic E-state index is 0.0864. The molecule has 160 valence electrons. The number of aliphatic carboxylic acids is 1. The molecule has 2 aromatic heterocycles. The van der Waals surface area contributed by atoms with Crippen LogP contribution in [-0.4, -0.2) is 39.1 Å². The molecule has 8 nitrogen and oxygen atoms in total. The van der Waals surface area contributed by atoms with Gasteiger partial charge < -0.3 is 15.7 Å². The number of thioether (sulfide) groups is 1. The van der Waals surface area contributed by atoms with Crippen molar-refractivity contribution >= 4 is 52.7 Å². The van der Waals surface area contributed by atoms with Crippen molar-refractivity contribution in [2.45, 2.75) is 11.8 Å². The largest absolute Gasteiger partial charge is 0.481 e. The highest BCUT2D eigenvalue weighted by molar-refractivity contribution is 7.98. The molecule has 0 aliphatic carbocycles. The first-order valence-corrected chi connectivity index (χ1v) is 10.4. The summed E-state index contributed by atoms with van der Waals surface area (Å²) in [5.74, 6) is -1.31. The van der Waals surface area contributed by atoms with E-state index in [1.165, 1.54) is 12.4 Å². The van der Waals surface area contributed by atoms with Crippen LogP contribution in [0.5, 0.6) is 0 Å². The SMILES string of the molecule is CC(=O)O.CSc1ccc(C(=O)Nc2cccnc2C(=O)Nc2ccc(Cl)cn2)cc1. The molecule has 10 heteroatoms. The number of carboxylic acid groups (broad SMARTS) is 1. The Morgan fingerprint density at radius 3 is 2.23 bits per heavy atom. The lowest BCUT2D eigenvalue weighted by atomic mass is 10.2. The standard InChI is InChI=1S/C19H15ClN4O2S.C2H4O2/c1-27-14-7-4-12(5-8-14)18(25)23-15-3-2-10-21-17(15)19(26)24-16-9-6-13(20)11-22-16;1-2(3)4/h2-11H,1H3,(H,23,25)(H,22,24,26);1H3,(H,3,4). The number of carbonyl (C=O) groups excluding carboxylic acids is 2. The second kappa shape index (κ2) is 11.7. The molecule has 31 heavy (non-hydrogen) atoms. The van der Waals surface area contributed by atoms with Crippen LogP contribution in [0.1, 0.15) is 27.8 Å². The molecule has 3 N–H and O–H groups in total. The summed E-state index contributed by atoms with van der Waals surface area (Å²) in [6, 6.07) is 13.6. The Balaban J connectivity index is 0.000000785. The first kappa shape index (κ1) is 23.8. The van der Waals surface area contributed by atoms with Gasteiger partial charge in [0.25, 0.3) is 17.8 Å². The Bertz CT molecular complexity index is 1060. The monoisotopic (exact) mass is 458 g/mol. The van der Waals surface area contributed by atoms with Gasteiger partial charge in [-0.05, 0) is 54.8 Å². The van der Waals surface area contributed by atoms with Crippen molar-refractivity contribution in [1.29, 1.82) is 0 Å². The van der Waals surface area contributed by atoms with Gasteiger partial charge in [-0.2, -0.15) is 0 Å². The maximum absolute atomic E-state index is 12.5. The van der Waals surface area contributed by atoms with Gasteiger partial charge in [-0.15, -0.1) is 11.8 Å². The molecule has 3 aromatic rings. The third-order valence-corrected chi connectivity index (χ3v) is 4.56. The predicted molar refractivity (Wildman–Crippen MR) is 121 cm³/mol. The van der Waals surface area contributed by atoms with Crippen molar-refractivity contribution in [3.63, 3.8) is 0 Å². The Hall–Kier alpha value is -3.43. The predicted octanol–water partition coefficient (Wildman–Crippen LogP) is 4.45. The average Bonchev–Trinajstić information content (AvgIpc) is 2.75. The molecule has 0 saturated heterocycles. The number of pyridine rings is 2. The van der Waals surface area contributed by atoms with Crippen LogP contribution in [0.15, 0.2) is 65.8 Å². The van der Waals surface area contributed by atoms with Gasteiger partial charge in [0.05, 0.1) is 10.7 Å². The molecule has 0 aliphatic heterocycles. The summed E-state index contributed by atoms with van der Waals surface area (Å²) in [5, 5.41) is 13.2. The van der Waals surface area contributed by atoms with E-state index in [0.29, 0.717) is 22.1 Å². The second-order valence-electron chi connectivity index (χ2n) is 5.92. The van der Waals surface area contributed by atoms with Crippen LogP contribution in [0.2, 0.25) is 5.02 Å². The molecule has 0 saturated carbocycles. The number of aromatic nitrogens is 2. The molecule has 0 fully saturated rings. The fourth-order valence-electron chi connectivity index (χ4n) is 2.25. The minimum Gasteiger partial charge on any atom is -0.481 e. The zero-order valence-electron chi connectivity index (χ0n) is 16.6. The maximum atomic E-state index is 12.5. The smallest absolute Gasteiger partial charge is 0.300 e. The van der Waals surface area contributed by atoms with Gasteiger partial charge in [0.2, 0.25) is 0 Å². The van der Waals surface area contributed by atoms with Crippen LogP contribution in [0.25, 0.3) is 0 Å². The molecule has 0 unspecified atom stereocenters. The molecule has 3 rings (SSSR count). The minimum atomic E-state index is -0.833. The Morgan fingerprint density at radius 1 is 0.968 bits per heavy atom. The van der Waals surface area contributed by atoms with Gasteiger partial charge >= 0.3 is 0 Å². The molecule has 0 spiro atoms. The number of halogens is 1. The number of anilines is 2. The summed E-state index contributed by atoms with van der Waals surface area (Å²) < 4.78 is 0. The number of benzene rings is 1. The average molecular weight is 459 g/mol. The molecule has 1 aromatic carbocycles. The van der Waals surface area contributed by atoms with Crippen LogP contribution >= 0.6 is 23.4 Å². The van der Waals surface area contributed by atoms with Crippen molar-refractivity contribution in [3.05, 3.63) is 77.2 Å². The molecule has 0 aliphatic rings. The Morgan fingerprint density at radius 2 is 1.65 bits per heavy atom.